The van der Waals surface area contributed by atoms with E-state index in [-0.39, 0.29) is 29.8 Å². The topological polar surface area (TPSA) is 72.5 Å². The highest BCUT2D eigenvalue weighted by Crippen LogP contribution is 2.62. The van der Waals surface area contributed by atoms with Crippen molar-refractivity contribution in [2.75, 3.05) is 6.61 Å². The first kappa shape index (κ1) is 18.7. The van der Waals surface area contributed by atoms with Gasteiger partial charge in [0.2, 0.25) is 11.7 Å². The van der Waals surface area contributed by atoms with Crippen molar-refractivity contribution >= 4 is 29.0 Å². The van der Waals surface area contributed by atoms with Gasteiger partial charge in [0.05, 0.1) is 10.3 Å². The molecule has 0 radical (unpaired) electrons. The highest BCUT2D eigenvalue weighted by molar-refractivity contribution is 7.14. The average molecular weight is 390 g/mol. The summed E-state index contributed by atoms with van der Waals surface area (Å²) in [7, 11) is 0. The molecule has 6 heteroatoms. The van der Waals surface area contributed by atoms with E-state index in [1.54, 1.807) is 6.92 Å². The van der Waals surface area contributed by atoms with Crippen LogP contribution < -0.4 is 5.32 Å². The number of aryl methyl sites for hydroxylation is 1. The second kappa shape index (κ2) is 6.73. The molecule has 1 aromatic heterocycles. The van der Waals surface area contributed by atoms with E-state index in [1.165, 1.54) is 11.3 Å². The lowest BCUT2D eigenvalue weighted by Crippen LogP contribution is -2.64. The van der Waals surface area contributed by atoms with Gasteiger partial charge in [-0.15, -0.1) is 11.3 Å². The summed E-state index contributed by atoms with van der Waals surface area (Å²) < 4.78 is 5.54. The zero-order chi connectivity index (χ0) is 19.2. The smallest absolute Gasteiger partial charge is 0.312 e. The van der Waals surface area contributed by atoms with Gasteiger partial charge in [0.1, 0.15) is 0 Å². The van der Waals surface area contributed by atoms with Crippen LogP contribution in [0.5, 0.6) is 0 Å². The van der Waals surface area contributed by atoms with Crippen LogP contribution in [0.25, 0.3) is 0 Å². The van der Waals surface area contributed by atoms with Crippen LogP contribution in [-0.2, 0) is 20.7 Å². The minimum Gasteiger partial charge on any atom is -0.457 e. The Morgan fingerprint density at radius 3 is 2.48 bits per heavy atom. The summed E-state index contributed by atoms with van der Waals surface area (Å²) in [4.78, 5) is 39.0. The standard InChI is InChI=1S/C21H27NO4S/c1-3-16-4-5-18(27-16)17(24)11-26-19(25)20-7-14-6-15(8-20)10-21(9-14,12-20)22-13(2)23/h4-5,14-15H,3,6-12H2,1-2H3,(H,22,23). The molecule has 0 aromatic carbocycles. The van der Waals surface area contributed by atoms with Gasteiger partial charge in [-0.3, -0.25) is 14.4 Å². The third kappa shape index (κ3) is 3.44. The summed E-state index contributed by atoms with van der Waals surface area (Å²) in [5, 5.41) is 3.15. The Kier molecular flexibility index (Phi) is 4.65. The maximum atomic E-state index is 13.0. The number of Topliss-reactive ketones (excluding diaryl/α,β-unsaturated/α-hetero) is 1. The number of carbonyl (C=O) groups excluding carboxylic acids is 3. The van der Waals surface area contributed by atoms with E-state index in [9.17, 15) is 14.4 Å². The second-order valence-corrected chi connectivity index (χ2v) is 9.99. The van der Waals surface area contributed by atoms with Gasteiger partial charge < -0.3 is 10.1 Å². The van der Waals surface area contributed by atoms with Gasteiger partial charge in [-0.2, -0.15) is 0 Å². The zero-order valence-electron chi connectivity index (χ0n) is 16.0. The van der Waals surface area contributed by atoms with Gasteiger partial charge in [-0.05, 0) is 68.9 Å². The first-order valence-corrected chi connectivity index (χ1v) is 10.7. The van der Waals surface area contributed by atoms with E-state index in [0.717, 1.165) is 43.4 Å². The quantitative estimate of drug-likeness (QED) is 0.597. The van der Waals surface area contributed by atoms with Gasteiger partial charge in [-0.1, -0.05) is 6.92 Å². The molecule has 0 saturated heterocycles. The van der Waals surface area contributed by atoms with Crippen molar-refractivity contribution in [2.24, 2.45) is 17.3 Å². The molecule has 0 aliphatic heterocycles. The SMILES string of the molecule is CCc1ccc(C(=O)COC(=O)C23CC4CC(CC(NC(C)=O)(C4)C2)C3)s1. The fraction of sp³-hybridized carbons (Fsp3) is 0.667. The van der Waals surface area contributed by atoms with Crippen LogP contribution in [0.3, 0.4) is 0 Å². The molecule has 27 heavy (non-hydrogen) atoms. The summed E-state index contributed by atoms with van der Waals surface area (Å²) in [6, 6.07) is 3.77. The highest BCUT2D eigenvalue weighted by atomic mass is 32.1. The van der Waals surface area contributed by atoms with Crippen LogP contribution in [-0.4, -0.2) is 29.8 Å². The number of hydrogen-bond donors (Lipinski definition) is 1. The summed E-state index contributed by atoms with van der Waals surface area (Å²) in [5.41, 5.74) is -0.792. The van der Waals surface area contributed by atoms with E-state index in [4.69, 9.17) is 4.74 Å². The van der Waals surface area contributed by atoms with Crippen molar-refractivity contribution in [3.05, 3.63) is 21.9 Å². The minimum absolute atomic E-state index is 0.0277. The molecule has 1 heterocycles. The number of hydrogen-bond acceptors (Lipinski definition) is 5. The van der Waals surface area contributed by atoms with Crippen molar-refractivity contribution in [3.63, 3.8) is 0 Å². The third-order valence-electron chi connectivity index (χ3n) is 6.55. The highest BCUT2D eigenvalue weighted by Gasteiger charge is 2.61. The molecule has 1 aromatic rings. The van der Waals surface area contributed by atoms with E-state index in [2.05, 4.69) is 12.2 Å². The average Bonchev–Trinajstić information content (AvgIpc) is 3.06. The normalized spacial score (nSPS) is 33.7. The second-order valence-electron chi connectivity index (χ2n) is 8.82. The number of nitrogens with one attached hydrogen (secondary N) is 1. The monoisotopic (exact) mass is 389 g/mol. The van der Waals surface area contributed by atoms with Crippen LogP contribution >= 0.6 is 11.3 Å². The summed E-state index contributed by atoms with van der Waals surface area (Å²) >= 11 is 1.47. The molecule has 4 aliphatic rings. The van der Waals surface area contributed by atoms with Crippen LogP contribution in [0.4, 0.5) is 0 Å². The maximum absolute atomic E-state index is 13.0. The van der Waals surface area contributed by atoms with Gasteiger partial charge in [0.25, 0.3) is 0 Å². The number of amides is 1. The van der Waals surface area contributed by atoms with Crippen molar-refractivity contribution in [3.8, 4) is 0 Å². The van der Waals surface area contributed by atoms with E-state index < -0.39 is 5.41 Å². The predicted octanol–water partition coefficient (Wildman–Crippen LogP) is 3.51. The van der Waals surface area contributed by atoms with E-state index in [1.807, 2.05) is 12.1 Å². The Labute approximate surface area is 163 Å². The molecular formula is C21H27NO4S. The molecule has 5 rings (SSSR count). The third-order valence-corrected chi connectivity index (χ3v) is 7.83. The fourth-order valence-corrected chi connectivity index (χ4v) is 6.97. The molecular weight excluding hydrogens is 362 g/mol. The van der Waals surface area contributed by atoms with Crippen LogP contribution in [0.2, 0.25) is 0 Å². The Balaban J connectivity index is 1.45. The first-order chi connectivity index (χ1) is 12.8. The van der Waals surface area contributed by atoms with Crippen LogP contribution in [0.15, 0.2) is 12.1 Å². The molecule has 4 fully saturated rings. The van der Waals surface area contributed by atoms with Crippen molar-refractivity contribution < 1.29 is 19.1 Å². The Morgan fingerprint density at radius 2 is 1.89 bits per heavy atom. The lowest BCUT2D eigenvalue weighted by molar-refractivity contribution is -0.174. The maximum Gasteiger partial charge on any atom is 0.312 e. The molecule has 5 nitrogen and oxygen atoms in total. The molecule has 146 valence electrons. The van der Waals surface area contributed by atoms with Gasteiger partial charge in [0.15, 0.2) is 6.61 Å². The molecule has 4 aliphatic carbocycles. The first-order valence-electron chi connectivity index (χ1n) is 9.91. The molecule has 4 bridgehead atoms. The van der Waals surface area contributed by atoms with Gasteiger partial charge in [0, 0.05) is 17.3 Å². The van der Waals surface area contributed by atoms with E-state index >= 15 is 0 Å². The lowest BCUT2D eigenvalue weighted by atomic mass is 9.47. The zero-order valence-corrected chi connectivity index (χ0v) is 16.8. The molecule has 2 atom stereocenters. The van der Waals surface area contributed by atoms with Crippen molar-refractivity contribution in [1.82, 2.24) is 5.32 Å². The summed E-state index contributed by atoms with van der Waals surface area (Å²) in [5.74, 6) is 0.526. The predicted molar refractivity (Wildman–Crippen MR) is 103 cm³/mol. The largest absolute Gasteiger partial charge is 0.457 e. The lowest BCUT2D eigenvalue weighted by Gasteiger charge is -2.60. The number of thiophene rings is 1. The number of rotatable bonds is 6. The molecule has 0 spiro atoms. The fourth-order valence-electron chi connectivity index (χ4n) is 6.09. The van der Waals surface area contributed by atoms with Crippen molar-refractivity contribution in [2.45, 2.75) is 64.3 Å². The molecule has 1 amide bonds. The Hall–Kier alpha value is -1.69. The number of esters is 1. The molecule has 1 N–H and O–H groups in total. The van der Waals surface area contributed by atoms with E-state index in [0.29, 0.717) is 23.1 Å². The minimum atomic E-state index is -0.531. The Bertz CT molecular complexity index is 769. The summed E-state index contributed by atoms with van der Waals surface area (Å²) in [6.07, 6.45) is 6.28. The summed E-state index contributed by atoms with van der Waals surface area (Å²) in [6.45, 7) is 3.42. The number of ether oxygens (including phenoxy) is 1. The van der Waals surface area contributed by atoms with Gasteiger partial charge >= 0.3 is 5.97 Å². The Morgan fingerprint density at radius 1 is 1.19 bits per heavy atom. The molecule has 4 saturated carbocycles. The van der Waals surface area contributed by atoms with Crippen LogP contribution in [0, 0.1) is 17.3 Å². The number of carbonyl (C=O) groups is 3. The van der Waals surface area contributed by atoms with Gasteiger partial charge in [-0.25, -0.2) is 0 Å². The van der Waals surface area contributed by atoms with Crippen LogP contribution in [0.1, 0.15) is 66.9 Å². The molecule has 2 unspecified atom stereocenters. The number of ketones is 1. The van der Waals surface area contributed by atoms with Crippen molar-refractivity contribution in [1.29, 1.82) is 0 Å².